The largest absolute Gasteiger partial charge is 0.391 e. The van der Waals surface area contributed by atoms with Crippen LogP contribution in [0.3, 0.4) is 0 Å². The fraction of sp³-hybridized carbons (Fsp3) is 0.294. The minimum atomic E-state index is -0.312. The van der Waals surface area contributed by atoms with Crippen molar-refractivity contribution in [2.75, 3.05) is 18.0 Å². The first-order valence-corrected chi connectivity index (χ1v) is 6.88. The SMILES string of the molecule is OC(Cc1ccccc1)CN1CCc2ccccc21. The molecule has 0 amide bonds. The third-order valence-electron chi connectivity index (χ3n) is 3.73. The summed E-state index contributed by atoms with van der Waals surface area (Å²) in [6.07, 6.45) is 1.50. The van der Waals surface area contributed by atoms with Crippen molar-refractivity contribution in [3.05, 3.63) is 65.7 Å². The molecule has 1 atom stereocenters. The molecule has 19 heavy (non-hydrogen) atoms. The standard InChI is InChI=1S/C17H19NO/c19-16(12-14-6-2-1-3-7-14)13-18-11-10-15-8-4-5-9-17(15)18/h1-9,16,19H,10-13H2. The Morgan fingerprint density at radius 3 is 2.58 bits per heavy atom. The molecule has 1 unspecified atom stereocenters. The Morgan fingerprint density at radius 1 is 1.00 bits per heavy atom. The number of hydrogen-bond donors (Lipinski definition) is 1. The number of para-hydroxylation sites is 1. The zero-order valence-electron chi connectivity index (χ0n) is 11.0. The molecule has 2 aromatic carbocycles. The maximum atomic E-state index is 10.2. The van der Waals surface area contributed by atoms with Crippen molar-refractivity contribution in [3.8, 4) is 0 Å². The van der Waals surface area contributed by atoms with Gasteiger partial charge in [0.15, 0.2) is 0 Å². The first-order valence-electron chi connectivity index (χ1n) is 6.88. The van der Waals surface area contributed by atoms with Gasteiger partial charge < -0.3 is 10.0 Å². The average molecular weight is 253 g/mol. The normalized spacial score (nSPS) is 15.3. The molecule has 2 aromatic rings. The summed E-state index contributed by atoms with van der Waals surface area (Å²) in [5.74, 6) is 0. The molecular weight excluding hydrogens is 234 g/mol. The van der Waals surface area contributed by atoms with Gasteiger partial charge in [0, 0.05) is 25.2 Å². The Labute approximate surface area is 114 Å². The second-order valence-corrected chi connectivity index (χ2v) is 5.17. The van der Waals surface area contributed by atoms with Crippen LogP contribution >= 0.6 is 0 Å². The van der Waals surface area contributed by atoms with Crippen LogP contribution in [-0.4, -0.2) is 24.3 Å². The summed E-state index contributed by atoms with van der Waals surface area (Å²) in [5.41, 5.74) is 3.88. The Kier molecular flexibility index (Phi) is 3.51. The molecule has 0 radical (unpaired) electrons. The Balaban J connectivity index is 1.63. The van der Waals surface area contributed by atoms with Gasteiger partial charge in [-0.2, -0.15) is 0 Å². The summed E-state index contributed by atoms with van der Waals surface area (Å²) in [5, 5.41) is 10.2. The van der Waals surface area contributed by atoms with Crippen molar-refractivity contribution in [2.24, 2.45) is 0 Å². The van der Waals surface area contributed by atoms with E-state index in [9.17, 15) is 5.11 Å². The van der Waals surface area contributed by atoms with Gasteiger partial charge in [0.2, 0.25) is 0 Å². The Morgan fingerprint density at radius 2 is 1.74 bits per heavy atom. The van der Waals surface area contributed by atoms with Gasteiger partial charge in [-0.25, -0.2) is 0 Å². The molecule has 1 N–H and O–H groups in total. The van der Waals surface area contributed by atoms with E-state index < -0.39 is 0 Å². The van der Waals surface area contributed by atoms with E-state index >= 15 is 0 Å². The van der Waals surface area contributed by atoms with Crippen LogP contribution in [0.2, 0.25) is 0 Å². The lowest BCUT2D eigenvalue weighted by Gasteiger charge is -2.23. The van der Waals surface area contributed by atoms with E-state index in [0.29, 0.717) is 6.54 Å². The molecule has 0 saturated carbocycles. The van der Waals surface area contributed by atoms with Crippen molar-refractivity contribution < 1.29 is 5.11 Å². The summed E-state index contributed by atoms with van der Waals surface area (Å²) in [6.45, 7) is 1.73. The molecule has 0 fully saturated rings. The maximum absolute atomic E-state index is 10.2. The average Bonchev–Trinajstić information content (AvgIpc) is 2.83. The number of β-amino-alcohol motifs (C(OH)–C–C–N with tert-alkyl or cyclic N) is 1. The predicted molar refractivity (Wildman–Crippen MR) is 78.5 cm³/mol. The molecule has 0 spiro atoms. The molecule has 0 saturated heterocycles. The molecule has 3 rings (SSSR count). The highest BCUT2D eigenvalue weighted by molar-refractivity contribution is 5.57. The van der Waals surface area contributed by atoms with E-state index in [-0.39, 0.29) is 6.10 Å². The van der Waals surface area contributed by atoms with Crippen LogP contribution in [0.4, 0.5) is 5.69 Å². The quantitative estimate of drug-likeness (QED) is 0.905. The van der Waals surface area contributed by atoms with Gasteiger partial charge in [-0.15, -0.1) is 0 Å². The van der Waals surface area contributed by atoms with E-state index in [1.165, 1.54) is 16.8 Å². The fourth-order valence-corrected chi connectivity index (χ4v) is 2.80. The number of rotatable bonds is 4. The summed E-state index contributed by atoms with van der Waals surface area (Å²) in [7, 11) is 0. The van der Waals surface area contributed by atoms with Gasteiger partial charge >= 0.3 is 0 Å². The Bertz CT molecular complexity index is 538. The van der Waals surface area contributed by atoms with Crippen molar-refractivity contribution in [1.82, 2.24) is 0 Å². The van der Waals surface area contributed by atoms with E-state index in [0.717, 1.165) is 19.4 Å². The van der Waals surface area contributed by atoms with Crippen molar-refractivity contribution in [3.63, 3.8) is 0 Å². The summed E-state index contributed by atoms with van der Waals surface area (Å²) < 4.78 is 0. The number of aliphatic hydroxyl groups is 1. The third-order valence-corrected chi connectivity index (χ3v) is 3.73. The zero-order chi connectivity index (χ0) is 13.1. The van der Waals surface area contributed by atoms with Crippen LogP contribution in [0.5, 0.6) is 0 Å². The highest BCUT2D eigenvalue weighted by Crippen LogP contribution is 2.27. The monoisotopic (exact) mass is 253 g/mol. The minimum absolute atomic E-state index is 0.312. The van der Waals surface area contributed by atoms with E-state index in [2.05, 4.69) is 41.3 Å². The van der Waals surface area contributed by atoms with Gasteiger partial charge in [0.25, 0.3) is 0 Å². The maximum Gasteiger partial charge on any atom is 0.0755 e. The second kappa shape index (κ2) is 5.45. The van der Waals surface area contributed by atoms with Crippen molar-refractivity contribution >= 4 is 5.69 Å². The molecule has 0 aromatic heterocycles. The Hall–Kier alpha value is -1.80. The zero-order valence-corrected chi connectivity index (χ0v) is 11.0. The molecule has 98 valence electrons. The van der Waals surface area contributed by atoms with Crippen LogP contribution in [0.1, 0.15) is 11.1 Å². The summed E-state index contributed by atoms with van der Waals surface area (Å²) in [4.78, 5) is 2.29. The molecular formula is C17H19NO. The van der Waals surface area contributed by atoms with Crippen LogP contribution in [-0.2, 0) is 12.8 Å². The summed E-state index contributed by atoms with van der Waals surface area (Å²) in [6, 6.07) is 18.7. The molecule has 0 bridgehead atoms. The first-order chi connectivity index (χ1) is 9.33. The van der Waals surface area contributed by atoms with Crippen LogP contribution < -0.4 is 4.90 Å². The van der Waals surface area contributed by atoms with Gasteiger partial charge in [0.05, 0.1) is 6.10 Å². The smallest absolute Gasteiger partial charge is 0.0755 e. The fourth-order valence-electron chi connectivity index (χ4n) is 2.80. The lowest BCUT2D eigenvalue weighted by molar-refractivity contribution is 0.181. The highest BCUT2D eigenvalue weighted by Gasteiger charge is 2.20. The number of fused-ring (bicyclic) bond motifs is 1. The van der Waals surface area contributed by atoms with Gasteiger partial charge in [-0.3, -0.25) is 0 Å². The van der Waals surface area contributed by atoms with E-state index in [1.807, 2.05) is 18.2 Å². The highest BCUT2D eigenvalue weighted by atomic mass is 16.3. The summed E-state index contributed by atoms with van der Waals surface area (Å²) >= 11 is 0. The third kappa shape index (κ3) is 2.79. The van der Waals surface area contributed by atoms with Crippen LogP contribution in [0.15, 0.2) is 54.6 Å². The number of aliphatic hydroxyl groups excluding tert-OH is 1. The lowest BCUT2D eigenvalue weighted by atomic mass is 10.1. The number of anilines is 1. The second-order valence-electron chi connectivity index (χ2n) is 5.17. The number of hydrogen-bond acceptors (Lipinski definition) is 2. The lowest BCUT2D eigenvalue weighted by Crippen LogP contribution is -2.32. The molecule has 2 nitrogen and oxygen atoms in total. The van der Waals surface area contributed by atoms with Crippen LogP contribution in [0.25, 0.3) is 0 Å². The van der Waals surface area contributed by atoms with Gasteiger partial charge in [-0.05, 0) is 23.6 Å². The molecule has 1 aliphatic heterocycles. The molecule has 1 aliphatic rings. The number of nitrogens with zero attached hydrogens (tertiary/aromatic N) is 1. The van der Waals surface area contributed by atoms with E-state index in [4.69, 9.17) is 0 Å². The van der Waals surface area contributed by atoms with Gasteiger partial charge in [-0.1, -0.05) is 48.5 Å². The minimum Gasteiger partial charge on any atom is -0.391 e. The van der Waals surface area contributed by atoms with E-state index in [1.54, 1.807) is 0 Å². The van der Waals surface area contributed by atoms with Crippen molar-refractivity contribution in [2.45, 2.75) is 18.9 Å². The molecule has 0 aliphatic carbocycles. The predicted octanol–water partition coefficient (Wildman–Crippen LogP) is 2.65. The number of benzene rings is 2. The first kappa shape index (κ1) is 12.2. The van der Waals surface area contributed by atoms with Crippen molar-refractivity contribution in [1.29, 1.82) is 0 Å². The van der Waals surface area contributed by atoms with Crippen LogP contribution in [0, 0.1) is 0 Å². The topological polar surface area (TPSA) is 23.5 Å². The molecule has 1 heterocycles. The molecule has 2 heteroatoms. The van der Waals surface area contributed by atoms with Gasteiger partial charge in [0.1, 0.15) is 0 Å².